The summed E-state index contributed by atoms with van der Waals surface area (Å²) in [5.74, 6) is -2.79. The summed E-state index contributed by atoms with van der Waals surface area (Å²) in [6, 6.07) is 0.789. The first kappa shape index (κ1) is 11.0. The van der Waals surface area contributed by atoms with Gasteiger partial charge in [0.15, 0.2) is 0 Å². The molecule has 0 atom stereocenters. The third kappa shape index (κ3) is 2.03. The molecule has 0 aliphatic heterocycles. The Balaban J connectivity index is 3.48. The van der Waals surface area contributed by atoms with Crippen LogP contribution in [-0.4, -0.2) is 21.0 Å². The second kappa shape index (κ2) is 3.95. The number of halogens is 2. The fourth-order valence-corrected chi connectivity index (χ4v) is 1.01. The molecule has 1 N–H and O–H groups in total. The average molecular weight is 218 g/mol. The van der Waals surface area contributed by atoms with Gasteiger partial charge < -0.3 is 15.2 Å². The van der Waals surface area contributed by atoms with Crippen molar-refractivity contribution in [3.8, 4) is 0 Å². The minimum Gasteiger partial charge on any atom is -0.478 e. The second-order valence-electron chi connectivity index (χ2n) is 2.46. The first-order valence-corrected chi connectivity index (χ1v) is 3.60. The largest absolute Gasteiger partial charge is 0.478 e. The first-order chi connectivity index (χ1) is 6.95. The van der Waals surface area contributed by atoms with Gasteiger partial charge in [0.25, 0.3) is 6.43 Å². The van der Waals surface area contributed by atoms with Crippen molar-refractivity contribution in [1.82, 2.24) is 4.98 Å². The molecule has 15 heavy (non-hydrogen) atoms. The molecule has 0 saturated heterocycles. The van der Waals surface area contributed by atoms with Crippen molar-refractivity contribution in [2.75, 3.05) is 0 Å². The lowest BCUT2D eigenvalue weighted by molar-refractivity contribution is -0.391. The molecule has 0 aliphatic rings. The zero-order valence-corrected chi connectivity index (χ0v) is 7.05. The molecule has 6 nitrogen and oxygen atoms in total. The monoisotopic (exact) mass is 218 g/mol. The molecule has 0 saturated carbocycles. The maximum absolute atomic E-state index is 12.4. The number of rotatable bonds is 3. The summed E-state index contributed by atoms with van der Waals surface area (Å²) in [6.45, 7) is 0. The Morgan fingerprint density at radius 1 is 1.60 bits per heavy atom. The van der Waals surface area contributed by atoms with Gasteiger partial charge in [0.05, 0.1) is 5.56 Å². The fourth-order valence-electron chi connectivity index (χ4n) is 1.01. The maximum atomic E-state index is 12.4. The number of hydrogen-bond acceptors (Lipinski definition) is 4. The number of alkyl halides is 2. The molecular formula is C7H4F2N2O4. The molecule has 1 aromatic rings. The number of carboxylic acids is 1. The van der Waals surface area contributed by atoms with E-state index in [0.29, 0.717) is 0 Å². The van der Waals surface area contributed by atoms with Gasteiger partial charge in [-0.2, -0.15) is 0 Å². The van der Waals surface area contributed by atoms with Crippen molar-refractivity contribution in [1.29, 1.82) is 0 Å². The second-order valence-corrected chi connectivity index (χ2v) is 2.46. The van der Waals surface area contributed by atoms with Crippen LogP contribution in [0.5, 0.6) is 0 Å². The molecule has 1 rings (SSSR count). The van der Waals surface area contributed by atoms with Crippen LogP contribution in [0, 0.1) is 10.1 Å². The van der Waals surface area contributed by atoms with Crippen LogP contribution in [-0.2, 0) is 0 Å². The predicted octanol–water partition coefficient (Wildman–Crippen LogP) is 1.63. The zero-order chi connectivity index (χ0) is 11.6. The Bertz CT molecular complexity index is 389. The lowest BCUT2D eigenvalue weighted by Crippen LogP contribution is -2.07. The number of nitro groups is 1. The van der Waals surface area contributed by atoms with E-state index in [4.69, 9.17) is 5.11 Å². The van der Waals surface area contributed by atoms with Gasteiger partial charge in [0.1, 0.15) is 11.8 Å². The Kier molecular flexibility index (Phi) is 2.88. The van der Waals surface area contributed by atoms with E-state index in [9.17, 15) is 23.7 Å². The van der Waals surface area contributed by atoms with Crippen LogP contribution in [0.1, 0.15) is 22.3 Å². The summed E-state index contributed by atoms with van der Waals surface area (Å²) in [4.78, 5) is 22.8. The highest BCUT2D eigenvalue weighted by molar-refractivity contribution is 5.90. The van der Waals surface area contributed by atoms with E-state index in [1.165, 1.54) is 0 Å². The Hall–Kier alpha value is -2.12. The number of carbonyl (C=O) groups is 1. The van der Waals surface area contributed by atoms with Crippen molar-refractivity contribution in [3.63, 3.8) is 0 Å². The summed E-state index contributed by atoms with van der Waals surface area (Å²) < 4.78 is 24.8. The van der Waals surface area contributed by atoms with E-state index >= 15 is 0 Å². The molecule has 0 unspecified atom stereocenters. The molecule has 0 aromatic carbocycles. The Morgan fingerprint density at radius 2 is 2.20 bits per heavy atom. The lowest BCUT2D eigenvalue weighted by Gasteiger charge is -2.03. The highest BCUT2D eigenvalue weighted by Crippen LogP contribution is 2.29. The summed E-state index contributed by atoms with van der Waals surface area (Å²) in [6.07, 6.45) is -2.46. The molecule has 0 spiro atoms. The van der Waals surface area contributed by atoms with Gasteiger partial charge in [-0.3, -0.25) is 0 Å². The quantitative estimate of drug-likeness (QED) is 0.614. The zero-order valence-electron chi connectivity index (χ0n) is 7.05. The topological polar surface area (TPSA) is 93.3 Å². The molecule has 0 aliphatic carbocycles. The molecule has 1 heterocycles. The molecule has 0 radical (unpaired) electrons. The van der Waals surface area contributed by atoms with Gasteiger partial charge in [-0.05, 0) is 16.0 Å². The Morgan fingerprint density at radius 3 is 2.60 bits per heavy atom. The van der Waals surface area contributed by atoms with E-state index in [0.717, 1.165) is 12.3 Å². The standard InChI is InChI=1S/C7H4F2N2O4/c8-5(9)4-3(7(12)13)1-2-10-6(4)11(14)15/h1-2,5H,(H,12,13). The van der Waals surface area contributed by atoms with E-state index in [1.54, 1.807) is 0 Å². The summed E-state index contributed by atoms with van der Waals surface area (Å²) in [7, 11) is 0. The molecule has 80 valence electrons. The lowest BCUT2D eigenvalue weighted by atomic mass is 10.1. The van der Waals surface area contributed by atoms with Crippen LogP contribution in [0.15, 0.2) is 12.3 Å². The smallest absolute Gasteiger partial charge is 0.373 e. The van der Waals surface area contributed by atoms with Crippen molar-refractivity contribution < 1.29 is 23.6 Å². The number of aromatic nitrogens is 1. The molecule has 0 amide bonds. The predicted molar refractivity (Wildman–Crippen MR) is 42.8 cm³/mol. The van der Waals surface area contributed by atoms with Crippen LogP contribution in [0.4, 0.5) is 14.6 Å². The van der Waals surface area contributed by atoms with Crippen LogP contribution in [0.25, 0.3) is 0 Å². The number of nitrogens with zero attached hydrogens (tertiary/aromatic N) is 2. The van der Waals surface area contributed by atoms with Crippen molar-refractivity contribution >= 4 is 11.8 Å². The van der Waals surface area contributed by atoms with Crippen LogP contribution in [0.2, 0.25) is 0 Å². The highest BCUT2D eigenvalue weighted by atomic mass is 19.3. The normalized spacial score (nSPS) is 10.3. The Labute approximate surface area is 81.3 Å². The number of aromatic carboxylic acids is 1. The number of hydrogen-bond donors (Lipinski definition) is 1. The van der Waals surface area contributed by atoms with Gasteiger partial charge >= 0.3 is 11.8 Å². The molecule has 1 aromatic heterocycles. The number of carboxylic acid groups (broad SMARTS) is 1. The van der Waals surface area contributed by atoms with Crippen molar-refractivity contribution in [2.45, 2.75) is 6.43 Å². The fraction of sp³-hybridized carbons (Fsp3) is 0.143. The van der Waals surface area contributed by atoms with Crippen LogP contribution in [0.3, 0.4) is 0 Å². The first-order valence-electron chi connectivity index (χ1n) is 3.60. The van der Waals surface area contributed by atoms with Crippen molar-refractivity contribution in [3.05, 3.63) is 33.5 Å². The van der Waals surface area contributed by atoms with Gasteiger partial charge in [0, 0.05) is 0 Å². The minimum absolute atomic E-state index is 0.789. The minimum atomic E-state index is -3.26. The molecule has 8 heteroatoms. The number of pyridine rings is 1. The van der Waals surface area contributed by atoms with E-state index in [-0.39, 0.29) is 0 Å². The molecule has 0 bridgehead atoms. The van der Waals surface area contributed by atoms with Crippen LogP contribution >= 0.6 is 0 Å². The highest BCUT2D eigenvalue weighted by Gasteiger charge is 2.29. The average Bonchev–Trinajstić information content (AvgIpc) is 2.16. The van der Waals surface area contributed by atoms with Gasteiger partial charge in [-0.15, -0.1) is 0 Å². The van der Waals surface area contributed by atoms with Gasteiger partial charge in [-0.25, -0.2) is 13.6 Å². The van der Waals surface area contributed by atoms with Gasteiger partial charge in [-0.1, -0.05) is 0 Å². The SMILES string of the molecule is O=C(O)c1ccnc([N+](=O)[O-])c1C(F)F. The summed E-state index contributed by atoms with van der Waals surface area (Å²) in [5, 5.41) is 18.9. The maximum Gasteiger partial charge on any atom is 0.373 e. The summed E-state index contributed by atoms with van der Waals surface area (Å²) in [5.41, 5.74) is -1.98. The van der Waals surface area contributed by atoms with E-state index < -0.39 is 34.3 Å². The molecular weight excluding hydrogens is 214 g/mol. The van der Waals surface area contributed by atoms with Crippen molar-refractivity contribution in [2.24, 2.45) is 0 Å². The van der Waals surface area contributed by atoms with E-state index in [2.05, 4.69) is 4.98 Å². The third-order valence-corrected chi connectivity index (χ3v) is 1.59. The van der Waals surface area contributed by atoms with Gasteiger partial charge in [0.2, 0.25) is 0 Å². The molecule has 0 fully saturated rings. The summed E-state index contributed by atoms with van der Waals surface area (Å²) >= 11 is 0. The van der Waals surface area contributed by atoms with E-state index in [1.807, 2.05) is 0 Å². The third-order valence-electron chi connectivity index (χ3n) is 1.59. The van der Waals surface area contributed by atoms with Crippen LogP contribution < -0.4 is 0 Å².